The zero-order valence-corrected chi connectivity index (χ0v) is 12.9. The lowest BCUT2D eigenvalue weighted by atomic mass is 10.1. The largest absolute Gasteiger partial charge is 0.382 e. The van der Waals surface area contributed by atoms with E-state index in [2.05, 4.69) is 26.1 Å². The molecular weight excluding hydrogens is 356 g/mol. The molecule has 0 radical (unpaired) electrons. The van der Waals surface area contributed by atoms with Crippen LogP contribution < -0.4 is 5.73 Å². The minimum absolute atomic E-state index is 0.00433. The Morgan fingerprint density at radius 3 is 2.86 bits per heavy atom. The predicted octanol–water partition coefficient (Wildman–Crippen LogP) is 4.06. The van der Waals surface area contributed by atoms with Gasteiger partial charge in [-0.3, -0.25) is 15.2 Å². The zero-order valence-electron chi connectivity index (χ0n) is 10.5. The molecule has 0 aliphatic heterocycles. The van der Waals surface area contributed by atoms with Gasteiger partial charge in [0, 0.05) is 27.0 Å². The molecule has 0 fully saturated rings. The number of nitrogen functional groups attached to an aromatic ring is 1. The molecule has 0 amide bonds. The molecule has 0 saturated carbocycles. The molecule has 2 aromatic heterocycles. The second kappa shape index (κ2) is 5.30. The number of aromatic nitrogens is 2. The van der Waals surface area contributed by atoms with Crippen LogP contribution in [-0.2, 0) is 0 Å². The molecule has 106 valence electrons. The Labute approximate surface area is 131 Å². The number of hydrogen-bond donors (Lipinski definition) is 2. The summed E-state index contributed by atoms with van der Waals surface area (Å²) in [6, 6.07) is 8.58. The summed E-state index contributed by atoms with van der Waals surface area (Å²) in [6.45, 7) is 0. The topological polar surface area (TPSA) is 97.8 Å². The van der Waals surface area contributed by atoms with Gasteiger partial charge >= 0.3 is 0 Å². The van der Waals surface area contributed by atoms with E-state index in [0.717, 1.165) is 10.4 Å². The third-order valence-electron chi connectivity index (χ3n) is 2.94. The number of non-ortho nitro benzene ring substituents is 1. The van der Waals surface area contributed by atoms with Crippen molar-refractivity contribution in [3.63, 3.8) is 0 Å². The smallest absolute Gasteiger partial charge is 0.271 e. The van der Waals surface area contributed by atoms with Crippen LogP contribution in [0.25, 0.3) is 21.7 Å². The molecule has 0 unspecified atom stereocenters. The van der Waals surface area contributed by atoms with Gasteiger partial charge in [-0.15, -0.1) is 11.3 Å². The van der Waals surface area contributed by atoms with Crippen molar-refractivity contribution < 1.29 is 4.92 Å². The summed E-state index contributed by atoms with van der Waals surface area (Å²) in [7, 11) is 0. The van der Waals surface area contributed by atoms with Gasteiger partial charge in [0.25, 0.3) is 5.69 Å². The van der Waals surface area contributed by atoms with Crippen molar-refractivity contribution in [3.05, 3.63) is 50.3 Å². The lowest BCUT2D eigenvalue weighted by molar-refractivity contribution is -0.384. The number of nitro benzene ring substituents is 1. The first kappa shape index (κ1) is 13.8. The summed E-state index contributed by atoms with van der Waals surface area (Å²) in [5, 5.41) is 19.8. The molecule has 1 aromatic carbocycles. The molecule has 3 aromatic rings. The monoisotopic (exact) mass is 364 g/mol. The van der Waals surface area contributed by atoms with Crippen LogP contribution in [0.15, 0.2) is 40.2 Å². The average molecular weight is 365 g/mol. The average Bonchev–Trinajstić information content (AvgIpc) is 3.06. The minimum Gasteiger partial charge on any atom is -0.382 e. The van der Waals surface area contributed by atoms with Gasteiger partial charge in [0.05, 0.1) is 16.2 Å². The van der Waals surface area contributed by atoms with E-state index >= 15 is 0 Å². The van der Waals surface area contributed by atoms with E-state index < -0.39 is 4.92 Å². The quantitative estimate of drug-likeness (QED) is 0.540. The van der Waals surface area contributed by atoms with Crippen LogP contribution in [0, 0.1) is 10.1 Å². The van der Waals surface area contributed by atoms with Crippen molar-refractivity contribution in [1.29, 1.82) is 0 Å². The Morgan fingerprint density at radius 1 is 1.38 bits per heavy atom. The number of hydrogen-bond acceptors (Lipinski definition) is 5. The summed E-state index contributed by atoms with van der Waals surface area (Å²) in [5.74, 6) is 0.370. The Bertz CT molecular complexity index is 814. The number of nitro groups is 1. The lowest BCUT2D eigenvalue weighted by Gasteiger charge is -2.04. The fraction of sp³-hybridized carbons (Fsp3) is 0. The maximum absolute atomic E-state index is 11.0. The molecule has 3 N–H and O–H groups in total. The van der Waals surface area contributed by atoms with E-state index in [4.69, 9.17) is 5.73 Å². The number of H-pyrrole nitrogens is 1. The standard InChI is InChI=1S/C13H9BrN4O2S/c14-8-4-7(5-9(6-8)18(19)20)12-11(13(15)17-16-12)10-2-1-3-21-10/h1-6H,(H3,15,16,17). The van der Waals surface area contributed by atoms with E-state index in [1.807, 2.05) is 17.5 Å². The lowest BCUT2D eigenvalue weighted by Crippen LogP contribution is -1.90. The highest BCUT2D eigenvalue weighted by molar-refractivity contribution is 9.10. The molecule has 0 aliphatic carbocycles. The molecule has 0 spiro atoms. The van der Waals surface area contributed by atoms with Gasteiger partial charge in [-0.25, -0.2) is 0 Å². The highest BCUT2D eigenvalue weighted by Crippen LogP contribution is 2.38. The molecule has 3 rings (SSSR count). The molecular formula is C13H9BrN4O2S. The van der Waals surface area contributed by atoms with Crippen LogP contribution in [0.1, 0.15) is 0 Å². The van der Waals surface area contributed by atoms with Crippen LogP contribution in [-0.4, -0.2) is 15.1 Å². The van der Waals surface area contributed by atoms with Gasteiger partial charge in [0.15, 0.2) is 5.82 Å². The number of benzene rings is 1. The van der Waals surface area contributed by atoms with Gasteiger partial charge < -0.3 is 5.73 Å². The second-order valence-electron chi connectivity index (χ2n) is 4.29. The molecule has 2 heterocycles. The van der Waals surface area contributed by atoms with E-state index in [0.29, 0.717) is 21.5 Å². The normalized spacial score (nSPS) is 10.7. The fourth-order valence-electron chi connectivity index (χ4n) is 2.06. The van der Waals surface area contributed by atoms with Crippen LogP contribution in [0.3, 0.4) is 0 Å². The van der Waals surface area contributed by atoms with Gasteiger partial charge in [0.1, 0.15) is 0 Å². The van der Waals surface area contributed by atoms with E-state index in [9.17, 15) is 10.1 Å². The Balaban J connectivity index is 2.20. The summed E-state index contributed by atoms with van der Waals surface area (Å²) in [5.41, 5.74) is 8.01. The van der Waals surface area contributed by atoms with Crippen LogP contribution in [0.4, 0.5) is 11.5 Å². The van der Waals surface area contributed by atoms with E-state index in [-0.39, 0.29) is 5.69 Å². The van der Waals surface area contributed by atoms with Crippen molar-refractivity contribution in [3.8, 4) is 21.7 Å². The Morgan fingerprint density at radius 2 is 2.19 bits per heavy atom. The number of thiophene rings is 1. The van der Waals surface area contributed by atoms with Crippen molar-refractivity contribution in [2.24, 2.45) is 0 Å². The highest BCUT2D eigenvalue weighted by Gasteiger charge is 2.18. The molecule has 0 aliphatic rings. The number of anilines is 1. The fourth-order valence-corrected chi connectivity index (χ4v) is 3.33. The van der Waals surface area contributed by atoms with Gasteiger partial charge in [0.2, 0.25) is 0 Å². The third-order valence-corrected chi connectivity index (χ3v) is 4.29. The minimum atomic E-state index is -0.432. The molecule has 0 saturated heterocycles. The number of aromatic amines is 1. The predicted molar refractivity (Wildman–Crippen MR) is 86.1 cm³/mol. The summed E-state index contributed by atoms with van der Waals surface area (Å²) in [4.78, 5) is 11.5. The van der Waals surface area contributed by atoms with Crippen LogP contribution in [0.2, 0.25) is 0 Å². The molecule has 0 bridgehead atoms. The van der Waals surface area contributed by atoms with Crippen molar-refractivity contribution in [2.75, 3.05) is 5.73 Å². The SMILES string of the molecule is Nc1n[nH]c(-c2cc(Br)cc([N+](=O)[O-])c2)c1-c1cccs1. The Hall–Kier alpha value is -2.19. The molecule has 6 nitrogen and oxygen atoms in total. The van der Waals surface area contributed by atoms with E-state index in [1.165, 1.54) is 23.5 Å². The number of nitrogens with zero attached hydrogens (tertiary/aromatic N) is 2. The first-order valence-electron chi connectivity index (χ1n) is 5.89. The number of nitrogens with one attached hydrogen (secondary N) is 1. The number of rotatable bonds is 3. The maximum atomic E-state index is 11.0. The van der Waals surface area contributed by atoms with E-state index in [1.54, 1.807) is 6.07 Å². The van der Waals surface area contributed by atoms with Gasteiger partial charge in [-0.05, 0) is 17.5 Å². The summed E-state index contributed by atoms with van der Waals surface area (Å²) >= 11 is 4.82. The first-order chi connectivity index (χ1) is 10.1. The highest BCUT2D eigenvalue weighted by atomic mass is 79.9. The third kappa shape index (κ3) is 2.55. The van der Waals surface area contributed by atoms with Crippen molar-refractivity contribution in [2.45, 2.75) is 0 Å². The van der Waals surface area contributed by atoms with Crippen molar-refractivity contribution in [1.82, 2.24) is 10.2 Å². The van der Waals surface area contributed by atoms with Gasteiger partial charge in [-0.2, -0.15) is 5.10 Å². The molecule has 21 heavy (non-hydrogen) atoms. The molecule has 0 atom stereocenters. The zero-order chi connectivity index (χ0) is 15.0. The maximum Gasteiger partial charge on any atom is 0.271 e. The van der Waals surface area contributed by atoms with Gasteiger partial charge in [-0.1, -0.05) is 22.0 Å². The summed E-state index contributed by atoms with van der Waals surface area (Å²) < 4.78 is 0.622. The summed E-state index contributed by atoms with van der Waals surface area (Å²) in [6.07, 6.45) is 0. The number of halogens is 1. The van der Waals surface area contributed by atoms with Crippen LogP contribution in [0.5, 0.6) is 0 Å². The number of nitrogens with two attached hydrogens (primary N) is 1. The molecule has 8 heteroatoms. The van der Waals surface area contributed by atoms with Crippen molar-refractivity contribution >= 4 is 38.8 Å². The van der Waals surface area contributed by atoms with Crippen LogP contribution >= 0.6 is 27.3 Å². The second-order valence-corrected chi connectivity index (χ2v) is 6.15. The first-order valence-corrected chi connectivity index (χ1v) is 7.56. The Kier molecular flexibility index (Phi) is 3.48.